The van der Waals surface area contributed by atoms with E-state index in [0.717, 1.165) is 48.8 Å². The molecular formula is C41H68O7S2Si2-2. The van der Waals surface area contributed by atoms with Gasteiger partial charge in [0.05, 0.1) is 23.7 Å². The molecule has 1 aromatic rings. The van der Waals surface area contributed by atoms with Gasteiger partial charge in [0, 0.05) is 11.7 Å². The molecule has 1 aromatic carbocycles. The Morgan fingerprint density at radius 1 is 0.962 bits per heavy atom. The van der Waals surface area contributed by atoms with E-state index >= 15 is 0 Å². The van der Waals surface area contributed by atoms with Gasteiger partial charge in [-0.25, -0.2) is 0 Å². The maximum Gasteiger partial charge on any atom is 0.296 e. The molecule has 11 heteroatoms. The highest BCUT2D eigenvalue weighted by Crippen LogP contribution is 2.63. The second kappa shape index (κ2) is 14.6. The smallest absolute Gasteiger partial charge is 0.296 e. The Morgan fingerprint density at radius 3 is 2.15 bits per heavy atom. The Labute approximate surface area is 320 Å². The zero-order chi connectivity index (χ0) is 38.9. The van der Waals surface area contributed by atoms with Gasteiger partial charge in [0.15, 0.2) is 16.6 Å². The van der Waals surface area contributed by atoms with Gasteiger partial charge in [-0.2, -0.15) is 8.42 Å². The zero-order valence-corrected chi connectivity index (χ0v) is 38.0. The third-order valence-electron chi connectivity index (χ3n) is 14.2. The molecule has 2 fully saturated rings. The van der Waals surface area contributed by atoms with Gasteiger partial charge in [-0.05, 0) is 134 Å². The zero-order valence-electron chi connectivity index (χ0n) is 34.4. The molecule has 0 saturated heterocycles. The first-order valence-electron chi connectivity index (χ1n) is 19.6. The Bertz CT molecular complexity index is 1640. The fourth-order valence-corrected chi connectivity index (χ4v) is 14.8. The number of sulfone groups is 1. The lowest BCUT2D eigenvalue weighted by Gasteiger charge is -2.62. The van der Waals surface area contributed by atoms with Gasteiger partial charge in [-0.3, -0.25) is 4.18 Å². The predicted octanol–water partition coefficient (Wildman–Crippen LogP) is 10.8. The van der Waals surface area contributed by atoms with Crippen molar-refractivity contribution in [2.75, 3.05) is 12.4 Å². The summed E-state index contributed by atoms with van der Waals surface area (Å²) in [5.74, 6) is 0.657. The SMILES string of the molecule is Cc1ccc(S(=O)(=O)OCC(C)C2CCC3/C(=C/C4C5=C(CS4([O-])[O-])C(O[Si](C)(C)C(C)(C)C)CC(O[Si](C)(C)C(C)(C)C)C5)CCCC32C)cc1. The normalized spacial score (nSPS) is 32.1. The van der Waals surface area contributed by atoms with Crippen LogP contribution in [0.3, 0.4) is 0 Å². The van der Waals surface area contributed by atoms with Crippen LogP contribution in [0.1, 0.15) is 106 Å². The van der Waals surface area contributed by atoms with Crippen LogP contribution in [0.2, 0.25) is 36.3 Å². The second-order valence-corrected chi connectivity index (χ2v) is 33.2. The lowest BCUT2D eigenvalue weighted by Crippen LogP contribution is -2.49. The molecule has 0 radical (unpaired) electrons. The molecular weight excluding hydrogens is 725 g/mol. The molecule has 3 aliphatic carbocycles. The average molecular weight is 793 g/mol. The van der Waals surface area contributed by atoms with Crippen molar-refractivity contribution in [3.8, 4) is 0 Å². The Morgan fingerprint density at radius 2 is 1.56 bits per heavy atom. The average Bonchev–Trinajstić information content (AvgIpc) is 3.48. The van der Waals surface area contributed by atoms with Gasteiger partial charge in [-0.15, -0.1) is 0 Å². The minimum Gasteiger partial charge on any atom is -0.799 e. The van der Waals surface area contributed by atoms with Gasteiger partial charge in [0.2, 0.25) is 0 Å². The van der Waals surface area contributed by atoms with Crippen LogP contribution < -0.4 is 0 Å². The summed E-state index contributed by atoms with van der Waals surface area (Å²) >= 11 is 0. The molecule has 1 heterocycles. The third-order valence-corrected chi connectivity index (χ3v) is 26.4. The molecule has 5 rings (SSSR count). The molecule has 0 bridgehead atoms. The summed E-state index contributed by atoms with van der Waals surface area (Å²) in [6.07, 6.45) is 8.09. The molecule has 4 aliphatic rings. The molecule has 2 saturated carbocycles. The monoisotopic (exact) mass is 792 g/mol. The summed E-state index contributed by atoms with van der Waals surface area (Å²) in [4.78, 5) is 0.187. The number of fused-ring (bicyclic) bond motifs is 1. The Kier molecular flexibility index (Phi) is 11.9. The molecule has 0 spiro atoms. The van der Waals surface area contributed by atoms with Gasteiger partial charge in [-0.1, -0.05) is 84.7 Å². The number of hydrogen-bond donors (Lipinski definition) is 0. The van der Waals surface area contributed by atoms with Crippen molar-refractivity contribution in [1.82, 2.24) is 0 Å². The first-order chi connectivity index (χ1) is 23.7. The fraction of sp³-hybridized carbons (Fsp3) is 0.756. The molecule has 7 unspecified atom stereocenters. The molecule has 0 N–H and O–H groups in total. The molecule has 1 aliphatic heterocycles. The van der Waals surface area contributed by atoms with E-state index in [0.29, 0.717) is 12.8 Å². The standard InChI is InChI=1S/C41H70O7S2Si2/c1-28-16-18-32(19-17-28)50(44,45)46-26-29(2)35-20-21-36-30(15-14-22-41(35,36)9)23-38-33-24-31(47-51(10,11)39(3,4)5)25-37(34(33)27-49(38,42)43)48-52(12,13)40(6,7)8/h16-19,23,29,31,35-38,42-43H,14-15,20-22,24-27H2,1-13H3/p-2/b30-23+. The quantitative estimate of drug-likeness (QED) is 0.132. The summed E-state index contributed by atoms with van der Waals surface area (Å²) in [6, 6.07) is 6.79. The van der Waals surface area contributed by atoms with E-state index < -0.39 is 42.6 Å². The number of aryl methyl sites for hydroxylation is 1. The number of allylic oxidation sites excluding steroid dienone is 1. The third kappa shape index (κ3) is 8.48. The van der Waals surface area contributed by atoms with Crippen LogP contribution in [-0.4, -0.2) is 64.0 Å². The minimum atomic E-state index is -3.85. The first kappa shape index (κ1) is 42.4. The minimum absolute atomic E-state index is 0.00157. The van der Waals surface area contributed by atoms with Crippen LogP contribution in [0.15, 0.2) is 52.0 Å². The highest BCUT2D eigenvalue weighted by molar-refractivity contribution is 8.25. The van der Waals surface area contributed by atoms with Gasteiger partial charge in [0.25, 0.3) is 10.1 Å². The first-order valence-corrected chi connectivity index (χ1v) is 28.6. The van der Waals surface area contributed by atoms with E-state index in [1.54, 1.807) is 24.3 Å². The lowest BCUT2D eigenvalue weighted by atomic mass is 9.61. The van der Waals surface area contributed by atoms with Crippen molar-refractivity contribution in [2.45, 2.75) is 166 Å². The Balaban J connectivity index is 1.42. The van der Waals surface area contributed by atoms with Crippen molar-refractivity contribution < 1.29 is 30.6 Å². The van der Waals surface area contributed by atoms with Crippen molar-refractivity contribution in [1.29, 1.82) is 0 Å². The van der Waals surface area contributed by atoms with Gasteiger partial charge < -0.3 is 28.5 Å². The summed E-state index contributed by atoms with van der Waals surface area (Å²) < 4.78 is 74.5. The van der Waals surface area contributed by atoms with Crippen LogP contribution >= 0.6 is 10.6 Å². The van der Waals surface area contributed by atoms with Crippen LogP contribution in [0, 0.1) is 30.1 Å². The molecule has 7 atom stereocenters. The molecule has 0 amide bonds. The van der Waals surface area contributed by atoms with Crippen molar-refractivity contribution in [2.24, 2.45) is 23.2 Å². The van der Waals surface area contributed by atoms with E-state index in [1.165, 1.54) is 5.57 Å². The van der Waals surface area contributed by atoms with E-state index in [4.69, 9.17) is 13.0 Å². The summed E-state index contributed by atoms with van der Waals surface area (Å²) in [7, 11) is -11.7. The topological polar surface area (TPSA) is 108 Å². The van der Waals surface area contributed by atoms with Gasteiger partial charge in [0.1, 0.15) is 0 Å². The fourth-order valence-electron chi connectivity index (χ4n) is 9.09. The van der Waals surface area contributed by atoms with E-state index in [9.17, 15) is 17.5 Å². The molecule has 7 nitrogen and oxygen atoms in total. The van der Waals surface area contributed by atoms with Crippen molar-refractivity contribution >= 4 is 37.3 Å². The maximum absolute atomic E-state index is 14.3. The maximum atomic E-state index is 14.3. The summed E-state index contributed by atoms with van der Waals surface area (Å²) in [5.41, 5.74) is 4.24. The molecule has 296 valence electrons. The lowest BCUT2D eigenvalue weighted by molar-refractivity contribution is 0.0758. The Hall–Kier alpha value is -0.766. The van der Waals surface area contributed by atoms with E-state index in [1.807, 2.05) is 6.92 Å². The second-order valence-electron chi connectivity index (χ2n) is 20.0. The predicted molar refractivity (Wildman–Crippen MR) is 218 cm³/mol. The van der Waals surface area contributed by atoms with Crippen LogP contribution in [0.4, 0.5) is 0 Å². The molecule has 52 heavy (non-hydrogen) atoms. The highest BCUT2D eigenvalue weighted by Gasteiger charge is 2.52. The van der Waals surface area contributed by atoms with Crippen molar-refractivity contribution in [3.05, 3.63) is 52.6 Å². The largest absolute Gasteiger partial charge is 0.799 e. The van der Waals surface area contributed by atoms with Crippen LogP contribution in [0.25, 0.3) is 0 Å². The van der Waals surface area contributed by atoms with E-state index in [-0.39, 0.29) is 62.7 Å². The number of hydrogen-bond acceptors (Lipinski definition) is 7. The summed E-state index contributed by atoms with van der Waals surface area (Å²) in [5, 5.41) is -0.604. The van der Waals surface area contributed by atoms with E-state index in [2.05, 4.69) is 87.7 Å². The molecule has 0 aromatic heterocycles. The highest BCUT2D eigenvalue weighted by atomic mass is 32.3. The van der Waals surface area contributed by atoms with Crippen LogP contribution in [-0.2, 0) is 23.2 Å². The van der Waals surface area contributed by atoms with Crippen LogP contribution in [0.5, 0.6) is 0 Å². The van der Waals surface area contributed by atoms with Gasteiger partial charge >= 0.3 is 0 Å². The van der Waals surface area contributed by atoms with Crippen molar-refractivity contribution in [3.63, 3.8) is 0 Å². The number of rotatable bonds is 10. The summed E-state index contributed by atoms with van der Waals surface area (Å²) in [6.45, 7) is 29.1. The number of benzene rings is 1.